The summed E-state index contributed by atoms with van der Waals surface area (Å²) < 4.78 is 0. The van der Waals surface area contributed by atoms with Crippen LogP contribution in [0.2, 0.25) is 5.02 Å². The molecule has 1 fully saturated rings. The molecule has 1 amide bonds. The van der Waals surface area contributed by atoms with Crippen LogP contribution < -0.4 is 11.1 Å². The Morgan fingerprint density at radius 1 is 1.50 bits per heavy atom. The van der Waals surface area contributed by atoms with Gasteiger partial charge in [-0.25, -0.2) is 0 Å². The third kappa shape index (κ3) is 2.51. The van der Waals surface area contributed by atoms with Crippen molar-refractivity contribution in [2.75, 3.05) is 5.32 Å². The SMILES string of the molecule is NC(=S)c1ccc(NC(=O)C2CC2)c(Cl)c1. The lowest BCUT2D eigenvalue weighted by Crippen LogP contribution is -2.14. The van der Waals surface area contributed by atoms with Crippen molar-refractivity contribution in [3.8, 4) is 0 Å². The molecule has 0 atom stereocenters. The molecule has 3 nitrogen and oxygen atoms in total. The average molecular weight is 255 g/mol. The molecule has 0 saturated heterocycles. The van der Waals surface area contributed by atoms with Crippen LogP contribution in [0.1, 0.15) is 18.4 Å². The summed E-state index contributed by atoms with van der Waals surface area (Å²) >= 11 is 10.8. The summed E-state index contributed by atoms with van der Waals surface area (Å²) in [5, 5.41) is 3.24. The van der Waals surface area contributed by atoms with Crippen LogP contribution in [0, 0.1) is 5.92 Å². The number of hydrogen-bond acceptors (Lipinski definition) is 2. The second kappa shape index (κ2) is 4.39. The standard InChI is InChI=1S/C11H11ClN2OS/c12-8-5-7(10(13)16)3-4-9(8)14-11(15)6-1-2-6/h3-6H,1-2H2,(H2,13,16)(H,14,15). The molecule has 0 aliphatic heterocycles. The van der Waals surface area contributed by atoms with Crippen LogP contribution in [-0.2, 0) is 4.79 Å². The molecule has 1 aliphatic rings. The predicted octanol–water partition coefficient (Wildman–Crippen LogP) is 2.32. The Morgan fingerprint density at radius 2 is 2.19 bits per heavy atom. The van der Waals surface area contributed by atoms with E-state index >= 15 is 0 Å². The molecule has 0 radical (unpaired) electrons. The Hall–Kier alpha value is -1.13. The maximum absolute atomic E-state index is 11.5. The molecule has 2 rings (SSSR count). The molecule has 0 unspecified atom stereocenters. The van der Waals surface area contributed by atoms with Gasteiger partial charge in [-0.15, -0.1) is 0 Å². The fourth-order valence-corrected chi connectivity index (χ4v) is 1.70. The van der Waals surface area contributed by atoms with Gasteiger partial charge in [-0.05, 0) is 31.0 Å². The van der Waals surface area contributed by atoms with E-state index < -0.39 is 0 Å². The number of amides is 1. The van der Waals surface area contributed by atoms with Gasteiger partial charge in [-0.1, -0.05) is 23.8 Å². The first-order chi connectivity index (χ1) is 7.58. The van der Waals surface area contributed by atoms with E-state index in [0.29, 0.717) is 21.3 Å². The predicted molar refractivity (Wildman–Crippen MR) is 68.7 cm³/mol. The van der Waals surface area contributed by atoms with E-state index in [1.54, 1.807) is 18.2 Å². The summed E-state index contributed by atoms with van der Waals surface area (Å²) in [6, 6.07) is 5.13. The zero-order chi connectivity index (χ0) is 11.7. The normalized spacial score (nSPS) is 14.6. The van der Waals surface area contributed by atoms with E-state index in [-0.39, 0.29) is 11.8 Å². The molecule has 1 saturated carbocycles. The van der Waals surface area contributed by atoms with Gasteiger partial charge in [-0.3, -0.25) is 4.79 Å². The number of nitrogens with one attached hydrogen (secondary N) is 1. The van der Waals surface area contributed by atoms with E-state index in [2.05, 4.69) is 5.32 Å². The number of carbonyl (C=O) groups excluding carboxylic acids is 1. The Morgan fingerprint density at radius 3 is 2.69 bits per heavy atom. The van der Waals surface area contributed by atoms with Gasteiger partial charge in [0.2, 0.25) is 5.91 Å². The smallest absolute Gasteiger partial charge is 0.227 e. The van der Waals surface area contributed by atoms with Crippen LogP contribution in [-0.4, -0.2) is 10.9 Å². The molecule has 0 bridgehead atoms. The van der Waals surface area contributed by atoms with Crippen molar-refractivity contribution < 1.29 is 4.79 Å². The zero-order valence-electron chi connectivity index (χ0n) is 8.50. The van der Waals surface area contributed by atoms with Gasteiger partial charge >= 0.3 is 0 Å². The second-order valence-corrected chi connectivity index (χ2v) is 4.67. The summed E-state index contributed by atoms with van der Waals surface area (Å²) in [7, 11) is 0. The fraction of sp³-hybridized carbons (Fsp3) is 0.273. The van der Waals surface area contributed by atoms with Crippen molar-refractivity contribution in [2.45, 2.75) is 12.8 Å². The van der Waals surface area contributed by atoms with Crippen molar-refractivity contribution in [2.24, 2.45) is 11.7 Å². The van der Waals surface area contributed by atoms with Crippen LogP contribution in [0.15, 0.2) is 18.2 Å². The third-order valence-electron chi connectivity index (χ3n) is 2.46. The minimum atomic E-state index is 0.0324. The zero-order valence-corrected chi connectivity index (χ0v) is 10.1. The average Bonchev–Trinajstić information content (AvgIpc) is 3.03. The highest BCUT2D eigenvalue weighted by Gasteiger charge is 2.29. The molecule has 16 heavy (non-hydrogen) atoms. The first-order valence-electron chi connectivity index (χ1n) is 4.98. The van der Waals surface area contributed by atoms with E-state index in [9.17, 15) is 4.79 Å². The Labute approximate surface area is 104 Å². The van der Waals surface area contributed by atoms with Gasteiger partial charge in [-0.2, -0.15) is 0 Å². The fourth-order valence-electron chi connectivity index (χ4n) is 1.35. The summed E-state index contributed by atoms with van der Waals surface area (Å²) in [6.07, 6.45) is 1.93. The lowest BCUT2D eigenvalue weighted by molar-refractivity contribution is -0.117. The van der Waals surface area contributed by atoms with E-state index in [0.717, 1.165) is 12.8 Å². The lowest BCUT2D eigenvalue weighted by Gasteiger charge is -2.07. The van der Waals surface area contributed by atoms with Gasteiger partial charge in [0.15, 0.2) is 0 Å². The van der Waals surface area contributed by atoms with E-state index in [1.165, 1.54) is 0 Å². The summed E-state index contributed by atoms with van der Waals surface area (Å²) in [5.74, 6) is 0.191. The third-order valence-corrected chi connectivity index (χ3v) is 3.01. The summed E-state index contributed by atoms with van der Waals surface area (Å²) in [4.78, 5) is 11.8. The lowest BCUT2D eigenvalue weighted by atomic mass is 10.2. The number of thiocarbonyl (C=S) groups is 1. The molecule has 0 aromatic heterocycles. The number of hydrogen-bond donors (Lipinski definition) is 2. The number of carbonyl (C=O) groups is 1. The van der Waals surface area contributed by atoms with Crippen LogP contribution in [0.5, 0.6) is 0 Å². The van der Waals surface area contributed by atoms with Gasteiger partial charge in [0.1, 0.15) is 4.99 Å². The van der Waals surface area contributed by atoms with Crippen molar-refractivity contribution >= 4 is 40.4 Å². The Kier molecular flexibility index (Phi) is 3.12. The molecule has 84 valence electrons. The molecular weight excluding hydrogens is 244 g/mol. The monoisotopic (exact) mass is 254 g/mol. The molecule has 5 heteroatoms. The molecule has 0 spiro atoms. The van der Waals surface area contributed by atoms with Gasteiger partial charge < -0.3 is 11.1 Å². The summed E-state index contributed by atoms with van der Waals surface area (Å²) in [5.41, 5.74) is 6.79. The van der Waals surface area contributed by atoms with Crippen molar-refractivity contribution in [3.63, 3.8) is 0 Å². The highest BCUT2D eigenvalue weighted by molar-refractivity contribution is 7.80. The highest BCUT2D eigenvalue weighted by atomic mass is 35.5. The van der Waals surface area contributed by atoms with Gasteiger partial charge in [0, 0.05) is 11.5 Å². The Balaban J connectivity index is 2.15. The number of nitrogens with two attached hydrogens (primary N) is 1. The maximum atomic E-state index is 11.5. The van der Waals surface area contributed by atoms with E-state index in [1.807, 2.05) is 0 Å². The molecule has 1 aromatic carbocycles. The first-order valence-corrected chi connectivity index (χ1v) is 5.77. The van der Waals surface area contributed by atoms with Crippen molar-refractivity contribution in [1.82, 2.24) is 0 Å². The number of anilines is 1. The molecule has 0 heterocycles. The first kappa shape index (κ1) is 11.4. The maximum Gasteiger partial charge on any atom is 0.227 e. The van der Waals surface area contributed by atoms with Crippen LogP contribution >= 0.6 is 23.8 Å². The number of rotatable bonds is 3. The van der Waals surface area contributed by atoms with Gasteiger partial charge in [0.05, 0.1) is 10.7 Å². The molecular formula is C11H11ClN2OS. The van der Waals surface area contributed by atoms with Crippen molar-refractivity contribution in [1.29, 1.82) is 0 Å². The quantitative estimate of drug-likeness (QED) is 0.814. The second-order valence-electron chi connectivity index (χ2n) is 3.82. The largest absolute Gasteiger partial charge is 0.389 e. The van der Waals surface area contributed by atoms with Crippen LogP contribution in [0.4, 0.5) is 5.69 Å². The topological polar surface area (TPSA) is 55.1 Å². The number of halogens is 1. The molecule has 1 aliphatic carbocycles. The Bertz CT molecular complexity index is 457. The van der Waals surface area contributed by atoms with Crippen LogP contribution in [0.3, 0.4) is 0 Å². The van der Waals surface area contributed by atoms with E-state index in [4.69, 9.17) is 29.6 Å². The van der Waals surface area contributed by atoms with Crippen LogP contribution in [0.25, 0.3) is 0 Å². The molecule has 3 N–H and O–H groups in total. The molecule has 1 aromatic rings. The summed E-state index contributed by atoms with van der Waals surface area (Å²) in [6.45, 7) is 0. The number of benzene rings is 1. The minimum Gasteiger partial charge on any atom is -0.389 e. The highest BCUT2D eigenvalue weighted by Crippen LogP contribution is 2.31. The van der Waals surface area contributed by atoms with Crippen molar-refractivity contribution in [3.05, 3.63) is 28.8 Å². The van der Waals surface area contributed by atoms with Gasteiger partial charge in [0.25, 0.3) is 0 Å². The minimum absolute atomic E-state index is 0.0324.